The molecular weight excluding hydrogens is 363 g/mol. The Balaban J connectivity index is 1.75. The van der Waals surface area contributed by atoms with Crippen molar-refractivity contribution in [2.24, 2.45) is 0 Å². The molecule has 2 aromatic rings. The molecule has 130 valence electrons. The fourth-order valence-corrected chi connectivity index (χ4v) is 3.01. The Morgan fingerprint density at radius 1 is 1.12 bits per heavy atom. The molecule has 1 aliphatic rings. The van der Waals surface area contributed by atoms with E-state index in [1.165, 1.54) is 12.0 Å². The van der Waals surface area contributed by atoms with Gasteiger partial charge in [-0.15, -0.1) is 0 Å². The van der Waals surface area contributed by atoms with Crippen LogP contribution in [0, 0.1) is 0 Å². The number of nitrogens with zero attached hydrogens (tertiary/aromatic N) is 1. The molecule has 1 fully saturated rings. The summed E-state index contributed by atoms with van der Waals surface area (Å²) in [4.78, 5) is 26.1. The Hall–Kier alpha value is -2.24. The molecule has 7 heteroatoms. The van der Waals surface area contributed by atoms with Crippen molar-refractivity contribution in [1.29, 1.82) is 0 Å². The number of methoxy groups -OCH3 is 1. The van der Waals surface area contributed by atoms with Crippen LogP contribution in [0.25, 0.3) is 0 Å². The highest BCUT2D eigenvalue weighted by Crippen LogP contribution is 2.30. The molecule has 1 atom stereocenters. The van der Waals surface area contributed by atoms with Gasteiger partial charge in [-0.1, -0.05) is 35.3 Å². The second kappa shape index (κ2) is 7.33. The summed E-state index contributed by atoms with van der Waals surface area (Å²) < 4.78 is 5.26. The first-order valence-electron chi connectivity index (χ1n) is 7.66. The highest BCUT2D eigenvalue weighted by Gasteiger charge is 2.38. The minimum atomic E-state index is -0.646. The van der Waals surface area contributed by atoms with E-state index in [-0.39, 0.29) is 24.8 Å². The minimum absolute atomic E-state index is 0.0854. The fourth-order valence-electron chi connectivity index (χ4n) is 2.72. The van der Waals surface area contributed by atoms with Gasteiger partial charge in [-0.2, -0.15) is 0 Å². The third-order valence-corrected chi connectivity index (χ3v) is 4.48. The van der Waals surface area contributed by atoms with Gasteiger partial charge in [0.05, 0.1) is 25.8 Å². The Labute approximate surface area is 155 Å². The van der Waals surface area contributed by atoms with E-state index in [9.17, 15) is 9.59 Å². The third kappa shape index (κ3) is 3.89. The van der Waals surface area contributed by atoms with Gasteiger partial charge in [-0.3, -0.25) is 14.5 Å². The van der Waals surface area contributed by atoms with Gasteiger partial charge in [-0.05, 0) is 35.9 Å². The normalized spacial score (nSPS) is 17.1. The van der Waals surface area contributed by atoms with E-state index in [2.05, 4.69) is 5.32 Å². The van der Waals surface area contributed by atoms with Crippen molar-refractivity contribution in [3.63, 3.8) is 0 Å². The Morgan fingerprint density at radius 2 is 1.80 bits per heavy atom. The van der Waals surface area contributed by atoms with E-state index in [4.69, 9.17) is 27.9 Å². The van der Waals surface area contributed by atoms with Gasteiger partial charge in [0.15, 0.2) is 0 Å². The van der Waals surface area contributed by atoms with Crippen LogP contribution in [0.1, 0.15) is 12.0 Å². The summed E-state index contributed by atoms with van der Waals surface area (Å²) in [5.41, 5.74) is 1.42. The van der Waals surface area contributed by atoms with Crippen molar-refractivity contribution in [3.8, 4) is 5.75 Å². The lowest BCUT2D eigenvalue weighted by Gasteiger charge is -2.17. The van der Waals surface area contributed by atoms with Gasteiger partial charge < -0.3 is 10.1 Å². The average molecular weight is 379 g/mol. The van der Waals surface area contributed by atoms with Crippen LogP contribution in [0.5, 0.6) is 5.75 Å². The van der Waals surface area contributed by atoms with Gasteiger partial charge in [-0.25, -0.2) is 0 Å². The zero-order valence-electron chi connectivity index (χ0n) is 13.5. The fraction of sp³-hybridized carbons (Fsp3) is 0.222. The maximum atomic E-state index is 12.6. The van der Waals surface area contributed by atoms with Crippen LogP contribution in [0.4, 0.5) is 5.69 Å². The monoisotopic (exact) mass is 378 g/mol. The lowest BCUT2D eigenvalue weighted by molar-refractivity contribution is -0.139. The number of hydrogen-bond acceptors (Lipinski definition) is 4. The standard InChI is InChI=1S/C18H16Cl2N2O3/c1-25-16-7-6-13(20)8-14(16)21-15-9-17(23)22(18(15)24)10-11-2-4-12(19)5-3-11/h2-8,15,21H,9-10H2,1H3/t15-/m0/s1. The molecule has 0 aromatic heterocycles. The molecule has 2 amide bonds. The lowest BCUT2D eigenvalue weighted by atomic mass is 10.2. The largest absolute Gasteiger partial charge is 0.495 e. The van der Waals surface area contributed by atoms with Crippen molar-refractivity contribution in [3.05, 3.63) is 58.1 Å². The number of rotatable bonds is 5. The molecule has 1 heterocycles. The molecule has 0 unspecified atom stereocenters. The Kier molecular flexibility index (Phi) is 5.16. The van der Waals surface area contributed by atoms with Crippen LogP contribution in [0.3, 0.4) is 0 Å². The van der Waals surface area contributed by atoms with E-state index in [0.717, 1.165) is 5.56 Å². The molecule has 0 saturated carbocycles. The molecular formula is C18H16Cl2N2O3. The minimum Gasteiger partial charge on any atom is -0.495 e. The number of imide groups is 1. The molecule has 3 rings (SSSR count). The number of amides is 2. The Bertz CT molecular complexity index is 808. The van der Waals surface area contributed by atoms with Gasteiger partial charge >= 0.3 is 0 Å². The molecule has 1 N–H and O–H groups in total. The summed E-state index contributed by atoms with van der Waals surface area (Å²) in [6.07, 6.45) is 0.0854. The summed E-state index contributed by atoms with van der Waals surface area (Å²) in [6, 6.07) is 11.5. The van der Waals surface area contributed by atoms with Crippen molar-refractivity contribution in [1.82, 2.24) is 4.90 Å². The SMILES string of the molecule is COc1ccc(Cl)cc1N[C@H]1CC(=O)N(Cc2ccc(Cl)cc2)C1=O. The number of carbonyl (C=O) groups is 2. The first-order valence-corrected chi connectivity index (χ1v) is 8.42. The second-order valence-electron chi connectivity index (χ2n) is 5.69. The quantitative estimate of drug-likeness (QED) is 0.805. The zero-order valence-corrected chi connectivity index (χ0v) is 15.0. The second-order valence-corrected chi connectivity index (χ2v) is 6.56. The molecule has 0 bridgehead atoms. The van der Waals surface area contributed by atoms with Gasteiger partial charge in [0.25, 0.3) is 5.91 Å². The number of ether oxygens (including phenoxy) is 1. The van der Waals surface area contributed by atoms with Gasteiger partial charge in [0.1, 0.15) is 11.8 Å². The third-order valence-electron chi connectivity index (χ3n) is 3.99. The Morgan fingerprint density at radius 3 is 2.48 bits per heavy atom. The van der Waals surface area contributed by atoms with Crippen LogP contribution < -0.4 is 10.1 Å². The number of benzene rings is 2. The molecule has 0 spiro atoms. The lowest BCUT2D eigenvalue weighted by Crippen LogP contribution is -2.34. The van der Waals surface area contributed by atoms with Crippen LogP contribution in [0.15, 0.2) is 42.5 Å². The molecule has 1 aliphatic heterocycles. The molecule has 1 saturated heterocycles. The van der Waals surface area contributed by atoms with Crippen molar-refractivity contribution in [2.75, 3.05) is 12.4 Å². The smallest absolute Gasteiger partial charge is 0.252 e. The predicted octanol–water partition coefficient (Wildman–Crippen LogP) is 3.74. The van der Waals surface area contributed by atoms with E-state index in [0.29, 0.717) is 21.5 Å². The first kappa shape index (κ1) is 17.6. The van der Waals surface area contributed by atoms with Crippen molar-refractivity contribution in [2.45, 2.75) is 19.0 Å². The van der Waals surface area contributed by atoms with Crippen LogP contribution in [0.2, 0.25) is 10.0 Å². The van der Waals surface area contributed by atoms with E-state index < -0.39 is 6.04 Å². The van der Waals surface area contributed by atoms with Gasteiger partial charge in [0.2, 0.25) is 5.91 Å². The first-order chi connectivity index (χ1) is 12.0. The molecule has 2 aromatic carbocycles. The van der Waals surface area contributed by atoms with E-state index >= 15 is 0 Å². The van der Waals surface area contributed by atoms with Crippen LogP contribution >= 0.6 is 23.2 Å². The number of nitrogens with one attached hydrogen (secondary N) is 1. The molecule has 25 heavy (non-hydrogen) atoms. The average Bonchev–Trinajstić information content (AvgIpc) is 2.84. The number of carbonyl (C=O) groups excluding carboxylic acids is 2. The number of halogens is 2. The van der Waals surface area contributed by atoms with Crippen LogP contribution in [-0.2, 0) is 16.1 Å². The number of anilines is 1. The number of likely N-dealkylation sites (tertiary alicyclic amines) is 1. The van der Waals surface area contributed by atoms with Crippen molar-refractivity contribution < 1.29 is 14.3 Å². The van der Waals surface area contributed by atoms with Gasteiger partial charge in [0, 0.05) is 10.0 Å². The molecule has 0 radical (unpaired) electrons. The summed E-state index contributed by atoms with van der Waals surface area (Å²) in [6.45, 7) is 0.222. The molecule has 5 nitrogen and oxygen atoms in total. The van der Waals surface area contributed by atoms with E-state index in [1.807, 2.05) is 0 Å². The maximum absolute atomic E-state index is 12.6. The topological polar surface area (TPSA) is 58.6 Å². The molecule has 0 aliphatic carbocycles. The maximum Gasteiger partial charge on any atom is 0.252 e. The van der Waals surface area contributed by atoms with Crippen molar-refractivity contribution >= 4 is 40.7 Å². The summed E-state index contributed by atoms with van der Waals surface area (Å²) in [7, 11) is 1.53. The highest BCUT2D eigenvalue weighted by atomic mass is 35.5. The van der Waals surface area contributed by atoms with Crippen LogP contribution in [-0.4, -0.2) is 29.9 Å². The summed E-state index contributed by atoms with van der Waals surface area (Å²) in [5, 5.41) is 4.18. The zero-order chi connectivity index (χ0) is 18.0. The highest BCUT2D eigenvalue weighted by molar-refractivity contribution is 6.31. The predicted molar refractivity (Wildman–Crippen MR) is 97.0 cm³/mol. The number of hydrogen-bond donors (Lipinski definition) is 1. The van der Waals surface area contributed by atoms with E-state index in [1.54, 1.807) is 42.5 Å². The summed E-state index contributed by atoms with van der Waals surface area (Å²) >= 11 is 11.9. The summed E-state index contributed by atoms with van der Waals surface area (Å²) in [5.74, 6) is 0.0567.